The van der Waals surface area contributed by atoms with Crippen LogP contribution in [0.25, 0.3) is 16.9 Å². The van der Waals surface area contributed by atoms with Gasteiger partial charge in [0.05, 0.1) is 11.2 Å². The Bertz CT molecular complexity index is 923. The third-order valence-electron chi connectivity index (χ3n) is 3.95. The highest BCUT2D eigenvalue weighted by Gasteiger charge is 2.24. The summed E-state index contributed by atoms with van der Waals surface area (Å²) in [6.45, 7) is 0.0113. The number of fused-ring (bicyclic) bond motifs is 1. The number of imidazole rings is 1. The summed E-state index contributed by atoms with van der Waals surface area (Å²) in [7, 11) is 0. The zero-order valence-electron chi connectivity index (χ0n) is 12.5. The maximum atomic E-state index is 12.8. The molecule has 1 aromatic carbocycles. The van der Waals surface area contributed by atoms with Gasteiger partial charge in [0.1, 0.15) is 6.54 Å². The second-order valence-corrected chi connectivity index (χ2v) is 5.73. The van der Waals surface area contributed by atoms with E-state index in [1.807, 2.05) is 36.4 Å². The Balaban J connectivity index is 1.83. The van der Waals surface area contributed by atoms with Gasteiger partial charge in [-0.25, -0.2) is 14.3 Å². The van der Waals surface area contributed by atoms with Gasteiger partial charge in [-0.1, -0.05) is 18.2 Å². The number of hydrogen-bond acceptors (Lipinski definition) is 3. The van der Waals surface area contributed by atoms with Crippen molar-refractivity contribution in [3.05, 3.63) is 59.1 Å². The Morgan fingerprint density at radius 1 is 1.17 bits per heavy atom. The van der Waals surface area contributed by atoms with Gasteiger partial charge in [0.25, 0.3) is 0 Å². The van der Waals surface area contributed by atoms with Crippen molar-refractivity contribution in [3.63, 3.8) is 0 Å². The first-order valence-electron chi connectivity index (χ1n) is 7.65. The number of pyridine rings is 1. The molecule has 6 heteroatoms. The summed E-state index contributed by atoms with van der Waals surface area (Å²) < 4.78 is 3.02. The van der Waals surface area contributed by atoms with E-state index in [2.05, 4.69) is 10.3 Å². The highest BCUT2D eigenvalue weighted by molar-refractivity contribution is 5.80. The Morgan fingerprint density at radius 2 is 1.96 bits per heavy atom. The summed E-state index contributed by atoms with van der Waals surface area (Å²) in [5.41, 5.74) is 1.70. The third kappa shape index (κ3) is 2.52. The van der Waals surface area contributed by atoms with E-state index in [-0.39, 0.29) is 24.2 Å². The van der Waals surface area contributed by atoms with Crippen LogP contribution in [0.5, 0.6) is 0 Å². The molecule has 116 valence electrons. The summed E-state index contributed by atoms with van der Waals surface area (Å²) in [6, 6.07) is 13.2. The number of aromatic nitrogens is 3. The number of benzene rings is 1. The fraction of sp³-hybridized carbons (Fsp3) is 0.235. The highest BCUT2D eigenvalue weighted by atomic mass is 16.2. The average molecular weight is 308 g/mol. The fourth-order valence-electron chi connectivity index (χ4n) is 2.69. The third-order valence-corrected chi connectivity index (χ3v) is 3.95. The maximum absolute atomic E-state index is 12.8. The number of rotatable bonds is 4. The standard InChI is InChI=1S/C17H16N4O2/c22-15(19-12-8-9-12)11-20-14-7-4-10-18-16(14)21(17(20)23)13-5-2-1-3-6-13/h1-7,10,12H,8-9,11H2,(H,19,22). The van der Waals surface area contributed by atoms with Crippen molar-refractivity contribution in [1.82, 2.24) is 19.4 Å². The Morgan fingerprint density at radius 3 is 2.70 bits per heavy atom. The van der Waals surface area contributed by atoms with Gasteiger partial charge in [-0.3, -0.25) is 9.36 Å². The van der Waals surface area contributed by atoms with E-state index in [1.165, 1.54) is 4.57 Å². The summed E-state index contributed by atoms with van der Waals surface area (Å²) in [5.74, 6) is -0.134. The molecule has 1 aliphatic carbocycles. The largest absolute Gasteiger partial charge is 0.352 e. The van der Waals surface area contributed by atoms with Crippen LogP contribution >= 0.6 is 0 Å². The number of carbonyl (C=O) groups is 1. The van der Waals surface area contributed by atoms with E-state index >= 15 is 0 Å². The molecule has 0 radical (unpaired) electrons. The molecule has 0 spiro atoms. The van der Waals surface area contributed by atoms with E-state index in [4.69, 9.17) is 0 Å². The number of hydrogen-bond donors (Lipinski definition) is 1. The van der Waals surface area contributed by atoms with Crippen LogP contribution in [0.2, 0.25) is 0 Å². The Kier molecular flexibility index (Phi) is 3.22. The lowest BCUT2D eigenvalue weighted by Gasteiger charge is -2.04. The van der Waals surface area contributed by atoms with Crippen molar-refractivity contribution in [1.29, 1.82) is 0 Å². The first kappa shape index (κ1) is 13.8. The summed E-state index contributed by atoms with van der Waals surface area (Å²) >= 11 is 0. The molecule has 0 saturated heterocycles. The molecule has 3 aromatic rings. The van der Waals surface area contributed by atoms with Crippen LogP contribution in [0.3, 0.4) is 0 Å². The van der Waals surface area contributed by atoms with Crippen LogP contribution in [0, 0.1) is 0 Å². The first-order chi connectivity index (χ1) is 11.2. The summed E-state index contributed by atoms with van der Waals surface area (Å²) in [4.78, 5) is 29.3. The molecule has 6 nitrogen and oxygen atoms in total. The zero-order chi connectivity index (χ0) is 15.8. The molecule has 23 heavy (non-hydrogen) atoms. The van der Waals surface area contributed by atoms with Gasteiger partial charge in [0.15, 0.2) is 5.65 Å². The minimum absolute atomic E-state index is 0.0113. The fourth-order valence-corrected chi connectivity index (χ4v) is 2.69. The molecular weight excluding hydrogens is 292 g/mol. The van der Waals surface area contributed by atoms with Gasteiger partial charge >= 0.3 is 5.69 Å². The van der Waals surface area contributed by atoms with E-state index in [1.54, 1.807) is 16.8 Å². The zero-order valence-corrected chi connectivity index (χ0v) is 12.5. The quantitative estimate of drug-likeness (QED) is 0.793. The molecule has 1 aliphatic rings. The Hall–Kier alpha value is -2.89. The smallest absolute Gasteiger partial charge is 0.335 e. The monoisotopic (exact) mass is 308 g/mol. The molecule has 0 bridgehead atoms. The second kappa shape index (κ2) is 5.39. The van der Waals surface area contributed by atoms with E-state index in [0.29, 0.717) is 11.2 Å². The molecular formula is C17H16N4O2. The van der Waals surface area contributed by atoms with Crippen molar-refractivity contribution in [2.24, 2.45) is 0 Å². The predicted octanol–water partition coefficient (Wildman–Crippen LogP) is 1.47. The molecule has 0 atom stereocenters. The van der Waals surface area contributed by atoms with Gasteiger partial charge in [-0.2, -0.15) is 0 Å². The van der Waals surface area contributed by atoms with Gasteiger partial charge < -0.3 is 5.32 Å². The van der Waals surface area contributed by atoms with Crippen molar-refractivity contribution in [2.75, 3.05) is 0 Å². The SMILES string of the molecule is O=C(Cn1c(=O)n(-c2ccccc2)c2ncccc21)NC1CC1. The number of amides is 1. The molecule has 1 amide bonds. The normalized spacial score (nSPS) is 14.1. The molecule has 1 saturated carbocycles. The number of nitrogens with one attached hydrogen (secondary N) is 1. The molecule has 1 fully saturated rings. The van der Waals surface area contributed by atoms with E-state index < -0.39 is 0 Å². The summed E-state index contributed by atoms with van der Waals surface area (Å²) in [5, 5.41) is 2.91. The highest BCUT2D eigenvalue weighted by Crippen LogP contribution is 2.19. The lowest BCUT2D eigenvalue weighted by atomic mass is 10.3. The van der Waals surface area contributed by atoms with Gasteiger partial charge in [0.2, 0.25) is 5.91 Å². The molecule has 2 aromatic heterocycles. The van der Waals surface area contributed by atoms with Crippen LogP contribution in [0.1, 0.15) is 12.8 Å². The lowest BCUT2D eigenvalue weighted by molar-refractivity contribution is -0.121. The van der Waals surface area contributed by atoms with Crippen LogP contribution in [0.15, 0.2) is 53.5 Å². The van der Waals surface area contributed by atoms with Crippen molar-refractivity contribution >= 4 is 17.1 Å². The van der Waals surface area contributed by atoms with E-state index in [9.17, 15) is 9.59 Å². The van der Waals surface area contributed by atoms with E-state index in [0.717, 1.165) is 18.5 Å². The molecule has 4 rings (SSSR count). The van der Waals surface area contributed by atoms with Gasteiger partial charge in [-0.15, -0.1) is 0 Å². The van der Waals surface area contributed by atoms with Gasteiger partial charge in [-0.05, 0) is 37.1 Å². The molecule has 1 N–H and O–H groups in total. The van der Waals surface area contributed by atoms with Crippen molar-refractivity contribution in [3.8, 4) is 5.69 Å². The summed E-state index contributed by atoms with van der Waals surface area (Å²) in [6.07, 6.45) is 3.69. The van der Waals surface area contributed by atoms with Crippen LogP contribution in [-0.2, 0) is 11.3 Å². The topological polar surface area (TPSA) is 68.9 Å². The second-order valence-electron chi connectivity index (χ2n) is 5.73. The van der Waals surface area contributed by atoms with Gasteiger partial charge in [0, 0.05) is 12.2 Å². The number of carbonyl (C=O) groups excluding carboxylic acids is 1. The first-order valence-corrected chi connectivity index (χ1v) is 7.65. The van der Waals surface area contributed by atoms with Crippen molar-refractivity contribution < 1.29 is 4.79 Å². The molecule has 2 heterocycles. The minimum Gasteiger partial charge on any atom is -0.352 e. The predicted molar refractivity (Wildman–Crippen MR) is 86.5 cm³/mol. The average Bonchev–Trinajstić information content (AvgIpc) is 3.33. The molecule has 0 aliphatic heterocycles. The number of para-hydroxylation sites is 1. The molecule has 0 unspecified atom stereocenters. The van der Waals surface area contributed by atoms with Crippen molar-refractivity contribution in [2.45, 2.75) is 25.4 Å². The maximum Gasteiger partial charge on any atom is 0.335 e. The Labute approximate surface area is 132 Å². The minimum atomic E-state index is -0.254. The number of nitrogens with zero attached hydrogens (tertiary/aromatic N) is 3. The van der Waals surface area contributed by atoms with Crippen LogP contribution in [0.4, 0.5) is 0 Å². The van der Waals surface area contributed by atoms with Crippen LogP contribution < -0.4 is 11.0 Å². The van der Waals surface area contributed by atoms with Crippen LogP contribution in [-0.4, -0.2) is 26.1 Å². The lowest BCUT2D eigenvalue weighted by Crippen LogP contribution is -2.33.